The molecule has 0 amide bonds. The molecule has 2 heteroatoms. The van der Waals surface area contributed by atoms with Crippen molar-refractivity contribution in [2.75, 3.05) is 0 Å². The van der Waals surface area contributed by atoms with Crippen LogP contribution in [0.25, 0.3) is 0 Å². The van der Waals surface area contributed by atoms with Crippen LogP contribution < -0.4 is 0 Å². The van der Waals surface area contributed by atoms with E-state index in [9.17, 15) is 5.11 Å². The van der Waals surface area contributed by atoms with Gasteiger partial charge < -0.3 is 5.11 Å². The van der Waals surface area contributed by atoms with Crippen molar-refractivity contribution in [1.82, 2.24) is 0 Å². The Bertz CT molecular complexity index is 540. The zero-order valence-corrected chi connectivity index (χ0v) is 11.4. The second-order valence-electron chi connectivity index (χ2n) is 5.15. The third-order valence-corrected chi connectivity index (χ3v) is 4.89. The summed E-state index contributed by atoms with van der Waals surface area (Å²) in [4.78, 5) is 2.29. The summed E-state index contributed by atoms with van der Waals surface area (Å²) in [5.41, 5.74) is 2.42. The van der Waals surface area contributed by atoms with Crippen molar-refractivity contribution in [2.45, 2.75) is 38.2 Å². The van der Waals surface area contributed by atoms with E-state index in [4.69, 9.17) is 0 Å². The van der Waals surface area contributed by atoms with Crippen LogP contribution in [-0.4, -0.2) is 5.11 Å². The summed E-state index contributed by atoms with van der Waals surface area (Å²) in [6.45, 7) is 2.08. The topological polar surface area (TPSA) is 20.2 Å². The Labute approximate surface area is 112 Å². The third kappa shape index (κ3) is 2.23. The van der Waals surface area contributed by atoms with Gasteiger partial charge >= 0.3 is 0 Å². The van der Waals surface area contributed by atoms with Gasteiger partial charge in [0.2, 0.25) is 0 Å². The first-order chi connectivity index (χ1) is 8.74. The van der Waals surface area contributed by atoms with Crippen LogP contribution in [0.1, 0.15) is 52.2 Å². The van der Waals surface area contributed by atoms with Gasteiger partial charge in [-0.2, -0.15) is 0 Å². The van der Waals surface area contributed by atoms with E-state index in [1.165, 1.54) is 29.7 Å². The number of thiophene rings is 1. The van der Waals surface area contributed by atoms with Crippen molar-refractivity contribution in [1.29, 1.82) is 0 Å². The Balaban J connectivity index is 1.86. The Morgan fingerprint density at radius 2 is 2.06 bits per heavy atom. The minimum atomic E-state index is -0.469. The van der Waals surface area contributed by atoms with Crippen LogP contribution in [0.15, 0.2) is 36.4 Å². The molecule has 0 spiro atoms. The van der Waals surface area contributed by atoms with Crippen LogP contribution >= 0.6 is 11.3 Å². The maximum absolute atomic E-state index is 10.4. The molecule has 1 atom stereocenters. The average Bonchev–Trinajstić information content (AvgIpc) is 2.73. The largest absolute Gasteiger partial charge is 0.383 e. The molecule has 18 heavy (non-hydrogen) atoms. The van der Waals surface area contributed by atoms with E-state index in [2.05, 4.69) is 31.2 Å². The summed E-state index contributed by atoms with van der Waals surface area (Å²) < 4.78 is 0. The van der Waals surface area contributed by atoms with Crippen molar-refractivity contribution in [2.24, 2.45) is 0 Å². The number of aryl methyl sites for hydroxylation is 1. The fourth-order valence-corrected chi connectivity index (χ4v) is 3.38. The molecule has 1 saturated carbocycles. The van der Waals surface area contributed by atoms with E-state index in [0.717, 1.165) is 16.4 Å². The molecule has 1 nitrogen and oxygen atoms in total. The SMILES string of the molecule is Cc1ccc(C(O)c2cccc(C3CCC3)c2)s1. The Hall–Kier alpha value is -1.12. The van der Waals surface area contributed by atoms with Crippen LogP contribution in [-0.2, 0) is 0 Å². The van der Waals surface area contributed by atoms with Crippen molar-refractivity contribution >= 4 is 11.3 Å². The van der Waals surface area contributed by atoms with Crippen molar-refractivity contribution < 1.29 is 5.11 Å². The smallest absolute Gasteiger partial charge is 0.113 e. The predicted octanol–water partition coefficient (Wildman–Crippen LogP) is 4.41. The van der Waals surface area contributed by atoms with E-state index >= 15 is 0 Å². The maximum atomic E-state index is 10.4. The lowest BCUT2D eigenvalue weighted by atomic mass is 9.79. The first kappa shape index (κ1) is 11.9. The second kappa shape index (κ2) is 4.87. The highest BCUT2D eigenvalue weighted by Gasteiger charge is 2.20. The number of aliphatic hydroxyl groups is 1. The molecule has 3 rings (SSSR count). The molecule has 0 radical (unpaired) electrons. The van der Waals surface area contributed by atoms with Gasteiger partial charge in [0.15, 0.2) is 0 Å². The summed E-state index contributed by atoms with van der Waals surface area (Å²) in [6.07, 6.45) is 3.49. The molecule has 1 aromatic heterocycles. The zero-order chi connectivity index (χ0) is 12.5. The number of hydrogen-bond donors (Lipinski definition) is 1. The molecule has 0 bridgehead atoms. The lowest BCUT2D eigenvalue weighted by Gasteiger charge is -2.26. The van der Waals surface area contributed by atoms with E-state index < -0.39 is 6.10 Å². The Morgan fingerprint density at radius 3 is 2.67 bits per heavy atom. The highest BCUT2D eigenvalue weighted by Crippen LogP contribution is 2.37. The van der Waals surface area contributed by atoms with E-state index in [1.807, 2.05) is 12.1 Å². The van der Waals surface area contributed by atoms with Crippen LogP contribution in [0.3, 0.4) is 0 Å². The maximum Gasteiger partial charge on any atom is 0.113 e. The van der Waals surface area contributed by atoms with Gasteiger partial charge in [-0.05, 0) is 48.9 Å². The Kier molecular flexibility index (Phi) is 3.23. The molecule has 2 aromatic rings. The van der Waals surface area contributed by atoms with Gasteiger partial charge in [0.25, 0.3) is 0 Å². The van der Waals surface area contributed by atoms with E-state index in [1.54, 1.807) is 11.3 Å². The zero-order valence-electron chi connectivity index (χ0n) is 10.6. The molecular formula is C16H18OS. The van der Waals surface area contributed by atoms with Gasteiger partial charge in [-0.15, -0.1) is 11.3 Å². The van der Waals surface area contributed by atoms with Crippen molar-refractivity contribution in [3.8, 4) is 0 Å². The molecule has 1 heterocycles. The van der Waals surface area contributed by atoms with Crippen LogP contribution in [0.5, 0.6) is 0 Å². The average molecular weight is 258 g/mol. The van der Waals surface area contributed by atoms with Crippen LogP contribution in [0, 0.1) is 6.92 Å². The quantitative estimate of drug-likeness (QED) is 0.864. The highest BCUT2D eigenvalue weighted by atomic mass is 32.1. The summed E-state index contributed by atoms with van der Waals surface area (Å²) >= 11 is 1.67. The monoisotopic (exact) mass is 258 g/mol. The highest BCUT2D eigenvalue weighted by molar-refractivity contribution is 7.12. The number of aliphatic hydroxyl groups excluding tert-OH is 1. The first-order valence-electron chi connectivity index (χ1n) is 6.58. The molecule has 0 aliphatic heterocycles. The van der Waals surface area contributed by atoms with Gasteiger partial charge in [-0.25, -0.2) is 0 Å². The molecule has 94 valence electrons. The minimum absolute atomic E-state index is 0.469. The standard InChI is InChI=1S/C16H18OS/c1-11-8-9-15(18-11)16(17)14-7-3-6-13(10-14)12-4-2-5-12/h3,6-10,12,16-17H,2,4-5H2,1H3. The molecule has 1 N–H and O–H groups in total. The molecule has 1 fully saturated rings. The lowest BCUT2D eigenvalue weighted by molar-refractivity contribution is 0.224. The molecule has 1 aromatic carbocycles. The normalized spacial score (nSPS) is 17.4. The van der Waals surface area contributed by atoms with Crippen molar-refractivity contribution in [3.05, 3.63) is 57.3 Å². The predicted molar refractivity (Wildman–Crippen MR) is 76.2 cm³/mol. The third-order valence-electron chi connectivity index (χ3n) is 3.83. The molecule has 0 saturated heterocycles. The number of hydrogen-bond acceptors (Lipinski definition) is 2. The number of rotatable bonds is 3. The first-order valence-corrected chi connectivity index (χ1v) is 7.40. The summed E-state index contributed by atoms with van der Waals surface area (Å²) in [6, 6.07) is 12.6. The summed E-state index contributed by atoms with van der Waals surface area (Å²) in [5, 5.41) is 10.4. The van der Waals surface area contributed by atoms with Crippen LogP contribution in [0.2, 0.25) is 0 Å². The molecule has 1 aliphatic rings. The minimum Gasteiger partial charge on any atom is -0.383 e. The Morgan fingerprint density at radius 1 is 1.22 bits per heavy atom. The van der Waals surface area contributed by atoms with Gasteiger partial charge in [0, 0.05) is 9.75 Å². The van der Waals surface area contributed by atoms with Gasteiger partial charge in [0.1, 0.15) is 6.10 Å². The second-order valence-corrected chi connectivity index (χ2v) is 6.47. The van der Waals surface area contributed by atoms with Gasteiger partial charge in [-0.1, -0.05) is 30.7 Å². The van der Waals surface area contributed by atoms with Gasteiger partial charge in [0.05, 0.1) is 0 Å². The molecule has 1 unspecified atom stereocenters. The van der Waals surface area contributed by atoms with Gasteiger partial charge in [-0.3, -0.25) is 0 Å². The summed E-state index contributed by atoms with van der Waals surface area (Å²) in [5.74, 6) is 0.724. The van der Waals surface area contributed by atoms with E-state index in [-0.39, 0.29) is 0 Å². The number of benzene rings is 1. The van der Waals surface area contributed by atoms with Crippen LogP contribution in [0.4, 0.5) is 0 Å². The van der Waals surface area contributed by atoms with E-state index in [0.29, 0.717) is 0 Å². The fraction of sp³-hybridized carbons (Fsp3) is 0.375. The summed E-state index contributed by atoms with van der Waals surface area (Å²) in [7, 11) is 0. The van der Waals surface area contributed by atoms with Crippen molar-refractivity contribution in [3.63, 3.8) is 0 Å². The molecular weight excluding hydrogens is 240 g/mol. The lowest BCUT2D eigenvalue weighted by Crippen LogP contribution is -2.09. The molecule has 1 aliphatic carbocycles. The fourth-order valence-electron chi connectivity index (χ4n) is 2.49.